The summed E-state index contributed by atoms with van der Waals surface area (Å²) >= 11 is 5.76. The van der Waals surface area contributed by atoms with Crippen LogP contribution in [0, 0.1) is 0 Å². The molecule has 0 saturated heterocycles. The zero-order chi connectivity index (χ0) is 9.52. The van der Waals surface area contributed by atoms with Gasteiger partial charge in [0.25, 0.3) is 0 Å². The van der Waals surface area contributed by atoms with Crippen molar-refractivity contribution >= 4 is 11.6 Å². The molecule has 13 heavy (non-hydrogen) atoms. The summed E-state index contributed by atoms with van der Waals surface area (Å²) in [6.07, 6.45) is 0. The SMILES string of the molecule is CNOCCOc1cccc(Cl)c1. The van der Waals surface area contributed by atoms with E-state index in [0.717, 1.165) is 5.75 Å². The summed E-state index contributed by atoms with van der Waals surface area (Å²) in [5.74, 6) is 0.757. The monoisotopic (exact) mass is 201 g/mol. The van der Waals surface area contributed by atoms with Crippen molar-refractivity contribution in [3.63, 3.8) is 0 Å². The summed E-state index contributed by atoms with van der Waals surface area (Å²) in [5.41, 5.74) is 2.56. The van der Waals surface area contributed by atoms with Crippen molar-refractivity contribution in [2.24, 2.45) is 0 Å². The molecule has 72 valence electrons. The van der Waals surface area contributed by atoms with E-state index in [4.69, 9.17) is 21.2 Å². The zero-order valence-corrected chi connectivity index (χ0v) is 8.17. The van der Waals surface area contributed by atoms with Gasteiger partial charge in [0.2, 0.25) is 0 Å². The molecule has 0 aromatic heterocycles. The van der Waals surface area contributed by atoms with E-state index in [2.05, 4.69) is 5.48 Å². The molecule has 0 aliphatic rings. The van der Waals surface area contributed by atoms with Crippen molar-refractivity contribution in [2.75, 3.05) is 20.3 Å². The molecule has 0 heterocycles. The van der Waals surface area contributed by atoms with E-state index in [1.165, 1.54) is 0 Å². The first kappa shape index (κ1) is 10.3. The predicted octanol–water partition coefficient (Wildman–Crippen LogP) is 1.87. The minimum Gasteiger partial charge on any atom is -0.491 e. The number of hydroxylamine groups is 1. The molecule has 1 aromatic carbocycles. The van der Waals surface area contributed by atoms with Crippen molar-refractivity contribution in [2.45, 2.75) is 0 Å². The van der Waals surface area contributed by atoms with Gasteiger partial charge in [0.15, 0.2) is 0 Å². The van der Waals surface area contributed by atoms with Crippen molar-refractivity contribution in [3.8, 4) is 5.75 Å². The fraction of sp³-hybridized carbons (Fsp3) is 0.333. The Hall–Kier alpha value is -0.770. The standard InChI is InChI=1S/C9H12ClNO2/c1-11-13-6-5-12-9-4-2-3-8(10)7-9/h2-4,7,11H,5-6H2,1H3. The molecule has 3 nitrogen and oxygen atoms in total. The first-order valence-corrected chi connectivity index (χ1v) is 4.37. The van der Waals surface area contributed by atoms with Crippen LogP contribution in [0.4, 0.5) is 0 Å². The normalized spacial score (nSPS) is 10.0. The second-order valence-corrected chi connectivity index (χ2v) is 2.79. The van der Waals surface area contributed by atoms with Gasteiger partial charge in [-0.15, -0.1) is 0 Å². The number of rotatable bonds is 5. The van der Waals surface area contributed by atoms with Gasteiger partial charge in [-0.25, -0.2) is 5.48 Å². The molecule has 0 unspecified atom stereocenters. The molecule has 0 amide bonds. The topological polar surface area (TPSA) is 30.5 Å². The molecule has 0 spiro atoms. The lowest BCUT2D eigenvalue weighted by molar-refractivity contribution is 0.0367. The Labute approximate surface area is 82.6 Å². The molecule has 1 rings (SSSR count). The Kier molecular flexibility index (Phi) is 4.60. The summed E-state index contributed by atoms with van der Waals surface area (Å²) in [6, 6.07) is 7.27. The third kappa shape index (κ3) is 4.12. The van der Waals surface area contributed by atoms with E-state index in [1.807, 2.05) is 12.1 Å². The van der Waals surface area contributed by atoms with Crippen LogP contribution in [0.5, 0.6) is 5.75 Å². The summed E-state index contributed by atoms with van der Waals surface area (Å²) < 4.78 is 5.34. The number of hydrogen-bond acceptors (Lipinski definition) is 3. The molecule has 0 saturated carbocycles. The minimum atomic E-state index is 0.501. The Morgan fingerprint density at radius 2 is 2.23 bits per heavy atom. The highest BCUT2D eigenvalue weighted by Crippen LogP contribution is 2.16. The highest BCUT2D eigenvalue weighted by molar-refractivity contribution is 6.30. The molecule has 0 aliphatic heterocycles. The van der Waals surface area contributed by atoms with E-state index in [9.17, 15) is 0 Å². The third-order valence-electron chi connectivity index (χ3n) is 1.39. The maximum Gasteiger partial charge on any atom is 0.120 e. The van der Waals surface area contributed by atoms with Gasteiger partial charge >= 0.3 is 0 Å². The maximum absolute atomic E-state index is 5.76. The van der Waals surface area contributed by atoms with E-state index < -0.39 is 0 Å². The van der Waals surface area contributed by atoms with Gasteiger partial charge in [-0.2, -0.15) is 0 Å². The molecule has 0 bridgehead atoms. The second-order valence-electron chi connectivity index (χ2n) is 2.36. The summed E-state index contributed by atoms with van der Waals surface area (Å²) in [7, 11) is 1.71. The fourth-order valence-corrected chi connectivity index (χ4v) is 1.04. The van der Waals surface area contributed by atoms with Crippen LogP contribution in [0.25, 0.3) is 0 Å². The van der Waals surface area contributed by atoms with E-state index in [0.29, 0.717) is 18.2 Å². The fourth-order valence-electron chi connectivity index (χ4n) is 0.860. The summed E-state index contributed by atoms with van der Waals surface area (Å²) in [5, 5.41) is 0.673. The molecular weight excluding hydrogens is 190 g/mol. The average molecular weight is 202 g/mol. The first-order chi connectivity index (χ1) is 6.33. The number of hydrogen-bond donors (Lipinski definition) is 1. The van der Waals surface area contributed by atoms with Crippen LogP contribution in [0.1, 0.15) is 0 Å². The van der Waals surface area contributed by atoms with Crippen LogP contribution >= 0.6 is 11.6 Å². The van der Waals surface area contributed by atoms with Gasteiger partial charge in [0.05, 0.1) is 0 Å². The lowest BCUT2D eigenvalue weighted by atomic mass is 10.3. The molecular formula is C9H12ClNO2. The molecule has 0 fully saturated rings. The van der Waals surface area contributed by atoms with E-state index >= 15 is 0 Å². The van der Waals surface area contributed by atoms with Gasteiger partial charge in [-0.1, -0.05) is 17.7 Å². The number of halogens is 1. The summed E-state index contributed by atoms with van der Waals surface area (Å²) in [4.78, 5) is 4.88. The average Bonchev–Trinajstić information content (AvgIpc) is 2.13. The van der Waals surface area contributed by atoms with Gasteiger partial charge in [-0.3, -0.25) is 4.84 Å². The van der Waals surface area contributed by atoms with Crippen LogP contribution in [0.3, 0.4) is 0 Å². The van der Waals surface area contributed by atoms with E-state index in [-0.39, 0.29) is 0 Å². The van der Waals surface area contributed by atoms with Crippen LogP contribution in [-0.2, 0) is 4.84 Å². The molecule has 0 radical (unpaired) electrons. The van der Waals surface area contributed by atoms with Gasteiger partial charge in [0, 0.05) is 12.1 Å². The predicted molar refractivity (Wildman–Crippen MR) is 52.0 cm³/mol. The van der Waals surface area contributed by atoms with E-state index in [1.54, 1.807) is 19.2 Å². The van der Waals surface area contributed by atoms with Crippen molar-refractivity contribution < 1.29 is 9.57 Å². The third-order valence-corrected chi connectivity index (χ3v) is 1.63. The van der Waals surface area contributed by atoms with Crippen molar-refractivity contribution in [3.05, 3.63) is 29.3 Å². The lowest BCUT2D eigenvalue weighted by Gasteiger charge is -2.05. The lowest BCUT2D eigenvalue weighted by Crippen LogP contribution is -2.14. The maximum atomic E-state index is 5.76. The molecule has 1 N–H and O–H groups in total. The van der Waals surface area contributed by atoms with Crippen LogP contribution in [0.2, 0.25) is 5.02 Å². The Balaban J connectivity index is 2.28. The smallest absolute Gasteiger partial charge is 0.120 e. The van der Waals surface area contributed by atoms with Crippen LogP contribution in [-0.4, -0.2) is 20.3 Å². The van der Waals surface area contributed by atoms with Crippen LogP contribution in [0.15, 0.2) is 24.3 Å². The Morgan fingerprint density at radius 1 is 1.38 bits per heavy atom. The Bertz CT molecular complexity index is 255. The molecule has 4 heteroatoms. The molecule has 0 aliphatic carbocycles. The van der Waals surface area contributed by atoms with Crippen molar-refractivity contribution in [1.82, 2.24) is 5.48 Å². The van der Waals surface area contributed by atoms with Gasteiger partial charge in [-0.05, 0) is 18.2 Å². The number of benzene rings is 1. The zero-order valence-electron chi connectivity index (χ0n) is 7.42. The minimum absolute atomic E-state index is 0.501. The number of nitrogens with one attached hydrogen (secondary N) is 1. The second kappa shape index (κ2) is 5.80. The Morgan fingerprint density at radius 3 is 2.92 bits per heavy atom. The summed E-state index contributed by atoms with van der Waals surface area (Å²) in [6.45, 7) is 1.00. The van der Waals surface area contributed by atoms with Crippen molar-refractivity contribution in [1.29, 1.82) is 0 Å². The van der Waals surface area contributed by atoms with Gasteiger partial charge in [0.1, 0.15) is 19.0 Å². The number of ether oxygens (including phenoxy) is 1. The largest absolute Gasteiger partial charge is 0.491 e. The van der Waals surface area contributed by atoms with Crippen LogP contribution < -0.4 is 10.2 Å². The highest BCUT2D eigenvalue weighted by Gasteiger charge is 1.93. The first-order valence-electron chi connectivity index (χ1n) is 4.00. The van der Waals surface area contributed by atoms with Gasteiger partial charge < -0.3 is 4.74 Å². The quantitative estimate of drug-likeness (QED) is 0.583. The highest BCUT2D eigenvalue weighted by atomic mass is 35.5. The molecule has 1 aromatic rings. The molecule has 0 atom stereocenters.